The Morgan fingerprint density at radius 2 is 1.88 bits per heavy atom. The Bertz CT molecular complexity index is 532. The minimum atomic E-state index is 0.994. The van der Waals surface area contributed by atoms with Crippen LogP contribution in [0.15, 0.2) is 30.3 Å². The van der Waals surface area contributed by atoms with Crippen molar-refractivity contribution < 1.29 is 0 Å². The summed E-state index contributed by atoms with van der Waals surface area (Å²) in [6.45, 7) is 4.30. The topological polar surface area (TPSA) is 12.0 Å². The zero-order valence-electron chi connectivity index (χ0n) is 10.4. The molecule has 0 saturated heterocycles. The van der Waals surface area contributed by atoms with E-state index in [1.807, 2.05) is 0 Å². The van der Waals surface area contributed by atoms with Gasteiger partial charge in [0.05, 0.1) is 0 Å². The monoisotopic (exact) mass is 225 g/mol. The lowest BCUT2D eigenvalue weighted by molar-refractivity contribution is 0.678. The summed E-state index contributed by atoms with van der Waals surface area (Å²) in [5.74, 6) is 0. The zero-order valence-corrected chi connectivity index (χ0v) is 10.4. The maximum atomic E-state index is 3.50. The van der Waals surface area contributed by atoms with Gasteiger partial charge in [-0.2, -0.15) is 0 Å². The van der Waals surface area contributed by atoms with E-state index in [1.54, 1.807) is 0 Å². The van der Waals surface area contributed by atoms with Crippen molar-refractivity contribution >= 4 is 10.8 Å². The van der Waals surface area contributed by atoms with E-state index in [9.17, 15) is 0 Å². The molecule has 1 aliphatic carbocycles. The van der Waals surface area contributed by atoms with Crippen LogP contribution in [0.25, 0.3) is 10.8 Å². The molecule has 1 aliphatic rings. The van der Waals surface area contributed by atoms with Crippen LogP contribution in [0, 0.1) is 0 Å². The smallest absolute Gasteiger partial charge is 0.0211 e. The molecule has 88 valence electrons. The minimum Gasteiger partial charge on any atom is -0.313 e. The molecule has 0 bridgehead atoms. The summed E-state index contributed by atoms with van der Waals surface area (Å²) in [5.41, 5.74) is 4.52. The third-order valence-electron chi connectivity index (χ3n) is 3.71. The summed E-state index contributed by atoms with van der Waals surface area (Å²) < 4.78 is 0. The lowest BCUT2D eigenvalue weighted by atomic mass is 10.00. The fourth-order valence-corrected chi connectivity index (χ4v) is 2.86. The van der Waals surface area contributed by atoms with Gasteiger partial charge in [-0.05, 0) is 53.3 Å². The van der Waals surface area contributed by atoms with Crippen LogP contribution in [0.4, 0.5) is 0 Å². The van der Waals surface area contributed by atoms with E-state index in [1.165, 1.54) is 46.7 Å². The molecule has 1 heteroatoms. The van der Waals surface area contributed by atoms with Gasteiger partial charge in [0.25, 0.3) is 0 Å². The van der Waals surface area contributed by atoms with Gasteiger partial charge < -0.3 is 5.32 Å². The van der Waals surface area contributed by atoms with Crippen molar-refractivity contribution in [3.05, 3.63) is 47.0 Å². The Morgan fingerprint density at radius 1 is 1.06 bits per heavy atom. The van der Waals surface area contributed by atoms with Gasteiger partial charge in [-0.25, -0.2) is 0 Å². The molecule has 0 atom stereocenters. The first-order chi connectivity index (χ1) is 8.40. The van der Waals surface area contributed by atoms with Gasteiger partial charge in [0.1, 0.15) is 0 Å². The number of aryl methyl sites for hydroxylation is 2. The highest BCUT2D eigenvalue weighted by molar-refractivity contribution is 5.93. The molecule has 1 N–H and O–H groups in total. The lowest BCUT2D eigenvalue weighted by Gasteiger charge is -2.09. The van der Waals surface area contributed by atoms with E-state index in [2.05, 4.69) is 42.6 Å². The third kappa shape index (κ3) is 1.85. The molecule has 0 unspecified atom stereocenters. The molecule has 0 saturated carbocycles. The van der Waals surface area contributed by atoms with E-state index < -0.39 is 0 Å². The van der Waals surface area contributed by atoms with Crippen LogP contribution in [0.5, 0.6) is 0 Å². The van der Waals surface area contributed by atoms with Crippen molar-refractivity contribution in [3.8, 4) is 0 Å². The zero-order chi connectivity index (χ0) is 11.7. The van der Waals surface area contributed by atoms with Gasteiger partial charge in [0.15, 0.2) is 0 Å². The van der Waals surface area contributed by atoms with Crippen LogP contribution >= 0.6 is 0 Å². The normalized spacial score (nSPS) is 13.5. The lowest BCUT2D eigenvalue weighted by Crippen LogP contribution is -2.14. The predicted molar refractivity (Wildman–Crippen MR) is 73.4 cm³/mol. The number of hydrogen-bond acceptors (Lipinski definition) is 1. The standard InChI is InChI=1S/C16H19N/c1-2-10-17-11-14-9-8-13-7-6-12-4-3-5-15(14)16(12)13/h3-5,8-9,17H,2,6-7,10-11H2,1H3. The Hall–Kier alpha value is -1.34. The average molecular weight is 225 g/mol. The minimum absolute atomic E-state index is 0.994. The van der Waals surface area contributed by atoms with E-state index in [0.29, 0.717) is 0 Å². The fourth-order valence-electron chi connectivity index (χ4n) is 2.86. The summed E-state index contributed by atoms with van der Waals surface area (Å²) >= 11 is 0. The van der Waals surface area contributed by atoms with Crippen LogP contribution in [0.2, 0.25) is 0 Å². The molecule has 1 nitrogen and oxygen atoms in total. The number of rotatable bonds is 4. The summed E-state index contributed by atoms with van der Waals surface area (Å²) in [6, 6.07) is 11.4. The van der Waals surface area contributed by atoms with Gasteiger partial charge in [-0.3, -0.25) is 0 Å². The fraction of sp³-hybridized carbons (Fsp3) is 0.375. The summed E-state index contributed by atoms with van der Waals surface area (Å²) in [6.07, 6.45) is 3.64. The third-order valence-corrected chi connectivity index (χ3v) is 3.71. The van der Waals surface area contributed by atoms with E-state index in [0.717, 1.165) is 13.1 Å². The second kappa shape index (κ2) is 4.50. The van der Waals surface area contributed by atoms with E-state index in [-0.39, 0.29) is 0 Å². The highest BCUT2D eigenvalue weighted by Gasteiger charge is 2.15. The Kier molecular flexibility index (Phi) is 2.86. The van der Waals surface area contributed by atoms with Crippen LogP contribution in [0.3, 0.4) is 0 Å². The molecule has 0 fully saturated rings. The molecule has 0 aliphatic heterocycles. The van der Waals surface area contributed by atoms with Crippen LogP contribution < -0.4 is 5.32 Å². The highest BCUT2D eigenvalue weighted by Crippen LogP contribution is 2.32. The van der Waals surface area contributed by atoms with Crippen molar-refractivity contribution in [2.75, 3.05) is 6.54 Å². The van der Waals surface area contributed by atoms with E-state index >= 15 is 0 Å². The van der Waals surface area contributed by atoms with Gasteiger partial charge in [0, 0.05) is 6.54 Å². The van der Waals surface area contributed by atoms with Crippen LogP contribution in [0.1, 0.15) is 30.0 Å². The molecule has 2 aromatic carbocycles. The molecule has 0 spiro atoms. The highest BCUT2D eigenvalue weighted by atomic mass is 14.8. The number of hydrogen-bond donors (Lipinski definition) is 1. The summed E-state index contributed by atoms with van der Waals surface area (Å²) in [7, 11) is 0. The van der Waals surface area contributed by atoms with Crippen molar-refractivity contribution in [2.24, 2.45) is 0 Å². The Morgan fingerprint density at radius 3 is 2.71 bits per heavy atom. The second-order valence-electron chi connectivity index (χ2n) is 4.90. The largest absolute Gasteiger partial charge is 0.313 e. The average Bonchev–Trinajstić information content (AvgIpc) is 2.78. The Balaban J connectivity index is 2.03. The molecular formula is C16H19N. The first-order valence-electron chi connectivity index (χ1n) is 6.63. The molecule has 0 aromatic heterocycles. The SMILES string of the molecule is CCCNCc1ccc2c3c(cccc13)CC2. The molecule has 0 amide bonds. The maximum Gasteiger partial charge on any atom is 0.0211 e. The van der Waals surface area contributed by atoms with Gasteiger partial charge in [-0.15, -0.1) is 0 Å². The summed E-state index contributed by atoms with van der Waals surface area (Å²) in [4.78, 5) is 0. The first-order valence-corrected chi connectivity index (χ1v) is 6.63. The molecule has 17 heavy (non-hydrogen) atoms. The van der Waals surface area contributed by atoms with Crippen molar-refractivity contribution in [1.29, 1.82) is 0 Å². The van der Waals surface area contributed by atoms with Crippen LogP contribution in [-0.4, -0.2) is 6.54 Å². The molecule has 2 aromatic rings. The quantitative estimate of drug-likeness (QED) is 0.786. The molecule has 3 rings (SSSR count). The van der Waals surface area contributed by atoms with Crippen LogP contribution in [-0.2, 0) is 19.4 Å². The van der Waals surface area contributed by atoms with Crippen molar-refractivity contribution in [3.63, 3.8) is 0 Å². The van der Waals surface area contributed by atoms with E-state index in [4.69, 9.17) is 0 Å². The first kappa shape index (κ1) is 10.8. The predicted octanol–water partition coefficient (Wildman–Crippen LogP) is 3.44. The molecule has 0 radical (unpaired) electrons. The van der Waals surface area contributed by atoms with Gasteiger partial charge in [0.2, 0.25) is 0 Å². The molecular weight excluding hydrogens is 206 g/mol. The van der Waals surface area contributed by atoms with Crippen molar-refractivity contribution in [1.82, 2.24) is 5.32 Å². The number of benzene rings is 2. The van der Waals surface area contributed by atoms with Gasteiger partial charge in [-0.1, -0.05) is 37.3 Å². The summed E-state index contributed by atoms with van der Waals surface area (Å²) in [5, 5.41) is 6.49. The maximum absolute atomic E-state index is 3.50. The van der Waals surface area contributed by atoms with Crippen molar-refractivity contribution in [2.45, 2.75) is 32.7 Å². The Labute approximate surface area is 103 Å². The van der Waals surface area contributed by atoms with Gasteiger partial charge >= 0.3 is 0 Å². The number of nitrogens with one attached hydrogen (secondary N) is 1. The second-order valence-corrected chi connectivity index (χ2v) is 4.90. The molecule has 0 heterocycles.